The van der Waals surface area contributed by atoms with E-state index in [1.165, 1.54) is 4.90 Å². The maximum absolute atomic E-state index is 14.2. The molecule has 0 aliphatic rings. The predicted octanol–water partition coefficient (Wildman–Crippen LogP) is 5.04. The van der Waals surface area contributed by atoms with Gasteiger partial charge in [-0.3, -0.25) is 0 Å². The van der Waals surface area contributed by atoms with Gasteiger partial charge in [0.15, 0.2) is 0 Å². The normalized spacial score (nSPS) is 11.7. The van der Waals surface area contributed by atoms with Gasteiger partial charge in [0, 0.05) is 16.1 Å². The second-order valence-corrected chi connectivity index (χ2v) is 7.31. The minimum Gasteiger partial charge on any atom is -0.444 e. The zero-order chi connectivity index (χ0) is 16.4. The summed E-state index contributed by atoms with van der Waals surface area (Å²) in [6.07, 6.45) is -0.436. The van der Waals surface area contributed by atoms with Crippen molar-refractivity contribution in [3.05, 3.63) is 33.5 Å². The SMILES string of the molecule is Cc1cc(Br)cc(CN(C(=O)OC(C)(C)C)C(C)C)c1F. The number of carbonyl (C=O) groups is 1. The second kappa shape index (κ2) is 6.77. The topological polar surface area (TPSA) is 29.5 Å². The maximum atomic E-state index is 14.2. The van der Waals surface area contributed by atoms with Crippen LogP contribution in [0.1, 0.15) is 45.7 Å². The molecule has 0 bridgehead atoms. The lowest BCUT2D eigenvalue weighted by Crippen LogP contribution is -2.40. The van der Waals surface area contributed by atoms with Gasteiger partial charge in [0.1, 0.15) is 11.4 Å². The van der Waals surface area contributed by atoms with E-state index in [-0.39, 0.29) is 18.4 Å². The average Bonchev–Trinajstić information content (AvgIpc) is 2.28. The van der Waals surface area contributed by atoms with Crippen LogP contribution in [0, 0.1) is 12.7 Å². The number of aryl methyl sites for hydroxylation is 1. The van der Waals surface area contributed by atoms with Gasteiger partial charge in [0.05, 0.1) is 6.54 Å². The van der Waals surface area contributed by atoms with Gasteiger partial charge in [-0.2, -0.15) is 0 Å². The van der Waals surface area contributed by atoms with Crippen LogP contribution >= 0.6 is 15.9 Å². The number of amides is 1. The van der Waals surface area contributed by atoms with Crippen molar-refractivity contribution < 1.29 is 13.9 Å². The van der Waals surface area contributed by atoms with Crippen LogP contribution in [0.2, 0.25) is 0 Å². The van der Waals surface area contributed by atoms with Crippen molar-refractivity contribution in [3.8, 4) is 0 Å². The first-order chi connectivity index (χ1) is 9.51. The highest BCUT2D eigenvalue weighted by Crippen LogP contribution is 2.23. The van der Waals surface area contributed by atoms with Crippen LogP contribution < -0.4 is 0 Å². The molecule has 0 aromatic heterocycles. The highest BCUT2D eigenvalue weighted by Gasteiger charge is 2.25. The van der Waals surface area contributed by atoms with E-state index < -0.39 is 11.7 Å². The van der Waals surface area contributed by atoms with E-state index in [2.05, 4.69) is 15.9 Å². The average molecular weight is 360 g/mol. The number of benzene rings is 1. The molecule has 21 heavy (non-hydrogen) atoms. The summed E-state index contributed by atoms with van der Waals surface area (Å²) in [6.45, 7) is 11.1. The molecule has 118 valence electrons. The quantitative estimate of drug-likeness (QED) is 0.756. The Morgan fingerprint density at radius 2 is 1.95 bits per heavy atom. The maximum Gasteiger partial charge on any atom is 0.410 e. The molecule has 0 saturated heterocycles. The van der Waals surface area contributed by atoms with Gasteiger partial charge < -0.3 is 9.64 Å². The summed E-state index contributed by atoms with van der Waals surface area (Å²) in [6, 6.07) is 3.33. The Kier molecular flexibility index (Phi) is 5.79. The molecule has 1 amide bonds. The Bertz CT molecular complexity index is 524. The molecule has 0 atom stereocenters. The Hall–Kier alpha value is -1.10. The molecule has 0 saturated carbocycles. The molecule has 0 radical (unpaired) electrons. The summed E-state index contributed by atoms with van der Waals surface area (Å²) in [7, 11) is 0. The van der Waals surface area contributed by atoms with Crippen LogP contribution in [0.25, 0.3) is 0 Å². The Labute approximate surface area is 134 Å². The molecule has 0 aliphatic carbocycles. The van der Waals surface area contributed by atoms with Crippen molar-refractivity contribution in [2.45, 2.75) is 59.7 Å². The molecule has 0 fully saturated rings. The summed E-state index contributed by atoms with van der Waals surface area (Å²) >= 11 is 3.36. The minimum absolute atomic E-state index is 0.0847. The van der Waals surface area contributed by atoms with Gasteiger partial charge in [-0.1, -0.05) is 15.9 Å². The fourth-order valence-electron chi connectivity index (χ4n) is 1.87. The standard InChI is InChI=1S/C16H23BrFNO2/c1-10(2)19(15(20)21-16(4,5)6)9-12-8-13(17)7-11(3)14(12)18/h7-8,10H,9H2,1-6H3. The van der Waals surface area contributed by atoms with Gasteiger partial charge in [-0.05, 0) is 59.2 Å². The largest absolute Gasteiger partial charge is 0.444 e. The molecular weight excluding hydrogens is 337 g/mol. The van der Waals surface area contributed by atoms with E-state index in [9.17, 15) is 9.18 Å². The summed E-state index contributed by atoms with van der Waals surface area (Å²) < 4.78 is 20.4. The van der Waals surface area contributed by atoms with E-state index in [0.717, 1.165) is 4.47 Å². The van der Waals surface area contributed by atoms with E-state index in [1.807, 2.05) is 34.6 Å². The van der Waals surface area contributed by atoms with Crippen molar-refractivity contribution in [2.75, 3.05) is 0 Å². The van der Waals surface area contributed by atoms with Gasteiger partial charge >= 0.3 is 6.09 Å². The summed E-state index contributed by atoms with van der Waals surface area (Å²) in [4.78, 5) is 13.8. The van der Waals surface area contributed by atoms with Crippen molar-refractivity contribution in [1.29, 1.82) is 0 Å². The minimum atomic E-state index is -0.573. The van der Waals surface area contributed by atoms with E-state index in [4.69, 9.17) is 4.74 Å². The predicted molar refractivity (Wildman–Crippen MR) is 85.8 cm³/mol. The molecule has 1 aromatic rings. The number of ether oxygens (including phenoxy) is 1. The second-order valence-electron chi connectivity index (χ2n) is 6.40. The third-order valence-electron chi connectivity index (χ3n) is 2.89. The Morgan fingerprint density at radius 1 is 1.38 bits per heavy atom. The molecule has 0 unspecified atom stereocenters. The van der Waals surface area contributed by atoms with Crippen LogP contribution in [0.4, 0.5) is 9.18 Å². The van der Waals surface area contributed by atoms with Gasteiger partial charge in [0.2, 0.25) is 0 Å². The van der Waals surface area contributed by atoms with Crippen molar-refractivity contribution >= 4 is 22.0 Å². The van der Waals surface area contributed by atoms with E-state index >= 15 is 0 Å². The van der Waals surface area contributed by atoms with Crippen LogP contribution in [0.5, 0.6) is 0 Å². The monoisotopic (exact) mass is 359 g/mol. The van der Waals surface area contributed by atoms with Gasteiger partial charge in [-0.15, -0.1) is 0 Å². The molecule has 0 aliphatic heterocycles. The van der Waals surface area contributed by atoms with Crippen LogP contribution in [-0.4, -0.2) is 22.6 Å². The van der Waals surface area contributed by atoms with Crippen molar-refractivity contribution in [3.63, 3.8) is 0 Å². The van der Waals surface area contributed by atoms with Crippen LogP contribution in [-0.2, 0) is 11.3 Å². The lowest BCUT2D eigenvalue weighted by Gasteiger charge is -2.30. The smallest absolute Gasteiger partial charge is 0.410 e. The molecular formula is C16H23BrFNO2. The fraction of sp³-hybridized carbons (Fsp3) is 0.562. The van der Waals surface area contributed by atoms with Gasteiger partial charge in [-0.25, -0.2) is 9.18 Å². The van der Waals surface area contributed by atoms with Gasteiger partial charge in [0.25, 0.3) is 0 Å². The fourth-order valence-corrected chi connectivity index (χ4v) is 2.49. The molecule has 0 spiro atoms. The first kappa shape index (κ1) is 18.0. The van der Waals surface area contributed by atoms with Crippen LogP contribution in [0.3, 0.4) is 0 Å². The first-order valence-electron chi connectivity index (χ1n) is 6.95. The molecule has 0 N–H and O–H groups in total. The number of rotatable bonds is 3. The van der Waals surface area contributed by atoms with E-state index in [1.54, 1.807) is 19.1 Å². The van der Waals surface area contributed by atoms with E-state index in [0.29, 0.717) is 11.1 Å². The van der Waals surface area contributed by atoms with Crippen LogP contribution in [0.15, 0.2) is 16.6 Å². The third-order valence-corrected chi connectivity index (χ3v) is 3.34. The summed E-state index contributed by atoms with van der Waals surface area (Å²) in [5.74, 6) is -0.285. The number of nitrogens with zero attached hydrogens (tertiary/aromatic N) is 1. The first-order valence-corrected chi connectivity index (χ1v) is 7.74. The summed E-state index contributed by atoms with van der Waals surface area (Å²) in [5, 5.41) is 0. The number of hydrogen-bond acceptors (Lipinski definition) is 2. The molecule has 1 rings (SSSR count). The third kappa shape index (κ3) is 5.30. The van der Waals surface area contributed by atoms with Crippen molar-refractivity contribution in [2.24, 2.45) is 0 Å². The lowest BCUT2D eigenvalue weighted by atomic mass is 10.1. The number of halogens is 2. The lowest BCUT2D eigenvalue weighted by molar-refractivity contribution is 0.0170. The number of hydrogen-bond donors (Lipinski definition) is 0. The number of carbonyl (C=O) groups excluding carboxylic acids is 1. The Morgan fingerprint density at radius 3 is 2.43 bits per heavy atom. The van der Waals surface area contributed by atoms with Crippen molar-refractivity contribution in [1.82, 2.24) is 4.90 Å². The molecule has 3 nitrogen and oxygen atoms in total. The zero-order valence-electron chi connectivity index (χ0n) is 13.5. The molecule has 0 heterocycles. The highest BCUT2D eigenvalue weighted by molar-refractivity contribution is 9.10. The molecule has 1 aromatic carbocycles. The zero-order valence-corrected chi connectivity index (χ0v) is 15.0. The summed E-state index contributed by atoms with van der Waals surface area (Å²) in [5.41, 5.74) is 0.448. The Balaban J connectivity index is 3.02. The highest BCUT2D eigenvalue weighted by atomic mass is 79.9. The molecule has 5 heteroatoms.